The molecule has 0 aliphatic carbocycles. The fraction of sp³-hybridized carbons (Fsp3) is 0.896. The molecule has 3 aliphatic rings. The average Bonchev–Trinajstić information content (AvgIpc) is 0.882. The normalized spacial score (nSPS) is 28.7. The summed E-state index contributed by atoms with van der Waals surface area (Å²) >= 11 is 0. The lowest BCUT2D eigenvalue weighted by molar-refractivity contribution is -0.386. The highest BCUT2D eigenvalue weighted by Crippen LogP contribution is 2.39. The van der Waals surface area contributed by atoms with Gasteiger partial charge in [0.1, 0.15) is 67.1 Å². The maximum atomic E-state index is 13.4. The van der Waals surface area contributed by atoms with Crippen LogP contribution >= 0.6 is 0 Å². The Morgan fingerprint density at radius 1 is 0.578 bits per heavy atom. The number of aliphatic carboxylic acids is 1. The van der Waals surface area contributed by atoms with Gasteiger partial charge in [-0.05, 0) is 44.9 Å². The van der Waals surface area contributed by atoms with Crippen LogP contribution in [0.3, 0.4) is 0 Å². The zero-order valence-electron chi connectivity index (χ0n) is 54.7. The van der Waals surface area contributed by atoms with E-state index in [1.165, 1.54) is 128 Å². The Bertz CT molecular complexity index is 1920. The molecule has 3 fully saturated rings. The smallest absolute Gasteiger partial charge is 0.364 e. The standard InChI is InChI=1S/C67H122N2O21/c1-4-6-8-10-12-14-15-16-17-18-19-20-21-22-23-24-25-26-27-28-29-30-31-33-35-37-39-41-54(77)69-48(49(74)40-38-36-34-32-13-11-9-7-5-2)46-85-64-59(81)58(80)61(53(45-72)87-64)88-65-60(82)63(57(79)52(44-71)86-65)90-67(66(83)84)42-50(75)55(68-47(3)73)62(89-67)56(78)51(76)43-70/h19-20,22-23,48-53,55-65,70-72,74-76,78-82H,4-18,21,24-46H2,1-3H3,(H,68,73)(H,69,77)(H,83,84)/b20-19-,23-22-. The van der Waals surface area contributed by atoms with Crippen LogP contribution in [0.1, 0.15) is 245 Å². The molecule has 3 aliphatic heterocycles. The lowest BCUT2D eigenvalue weighted by atomic mass is 9.88. The number of hydrogen-bond donors (Lipinski definition) is 14. The summed E-state index contributed by atoms with van der Waals surface area (Å²) < 4.78 is 34.8. The number of carboxylic acids is 1. The van der Waals surface area contributed by atoms with Gasteiger partial charge in [-0.2, -0.15) is 0 Å². The van der Waals surface area contributed by atoms with Gasteiger partial charge in [-0.1, -0.05) is 205 Å². The molecule has 14 N–H and O–H groups in total. The number of hydrogen-bond acceptors (Lipinski definition) is 20. The summed E-state index contributed by atoms with van der Waals surface area (Å²) in [6.45, 7) is 2.16. The summed E-state index contributed by atoms with van der Waals surface area (Å²) in [4.78, 5) is 38.5. The molecule has 0 bridgehead atoms. The molecule has 0 saturated carbocycles. The van der Waals surface area contributed by atoms with E-state index in [1.807, 2.05) is 0 Å². The summed E-state index contributed by atoms with van der Waals surface area (Å²) in [5, 5.41) is 136. The monoisotopic (exact) mass is 1290 g/mol. The second kappa shape index (κ2) is 48.0. The van der Waals surface area contributed by atoms with Crippen molar-refractivity contribution >= 4 is 17.8 Å². The molecule has 0 aromatic carbocycles. The van der Waals surface area contributed by atoms with Crippen molar-refractivity contribution in [3.05, 3.63) is 24.3 Å². The van der Waals surface area contributed by atoms with Crippen molar-refractivity contribution in [1.29, 1.82) is 0 Å². The van der Waals surface area contributed by atoms with E-state index >= 15 is 0 Å². The molecule has 0 radical (unpaired) electrons. The average molecular weight is 1290 g/mol. The Morgan fingerprint density at radius 3 is 1.56 bits per heavy atom. The van der Waals surface area contributed by atoms with E-state index in [4.69, 9.17) is 28.4 Å². The minimum absolute atomic E-state index is 0.221. The molecule has 0 spiro atoms. The first-order valence-electron chi connectivity index (χ1n) is 34.7. The van der Waals surface area contributed by atoms with E-state index < -0.39 is 148 Å². The van der Waals surface area contributed by atoms with Crippen LogP contribution in [0.2, 0.25) is 0 Å². The summed E-state index contributed by atoms with van der Waals surface area (Å²) in [5.74, 6) is -6.11. The Labute approximate surface area is 536 Å². The second-order valence-electron chi connectivity index (χ2n) is 25.4. The molecular formula is C67H122N2O21. The SMILES string of the molecule is CCCCCCCCCCC/C=C\C/C=C\CCCCCCCCCCCCCC(=O)NC(COC1OC(CO)C(OC2OC(CO)C(O)C(OC3(C(=O)O)CC(O)C(NC(C)=O)C(C(O)C(O)CO)O3)C2O)C(O)C1O)C(O)CCCCCCCCCCC. The molecule has 3 heterocycles. The van der Waals surface area contributed by atoms with Crippen LogP contribution in [0.15, 0.2) is 24.3 Å². The zero-order chi connectivity index (χ0) is 66.1. The first-order chi connectivity index (χ1) is 43.4. The highest BCUT2D eigenvalue weighted by atomic mass is 16.8. The quantitative estimate of drug-likeness (QED) is 0.0243. The van der Waals surface area contributed by atoms with Crippen molar-refractivity contribution < 1.29 is 104 Å². The lowest BCUT2D eigenvalue weighted by Gasteiger charge is -2.50. The van der Waals surface area contributed by atoms with Crippen molar-refractivity contribution in [1.82, 2.24) is 10.6 Å². The van der Waals surface area contributed by atoms with Gasteiger partial charge in [-0.3, -0.25) is 9.59 Å². The molecule has 2 amide bonds. The largest absolute Gasteiger partial charge is 0.477 e. The highest BCUT2D eigenvalue weighted by molar-refractivity contribution is 5.77. The number of ether oxygens (including phenoxy) is 6. The molecule has 90 heavy (non-hydrogen) atoms. The van der Waals surface area contributed by atoms with E-state index in [0.717, 1.165) is 71.1 Å². The summed E-state index contributed by atoms with van der Waals surface area (Å²) in [5.41, 5.74) is 0. The molecule has 526 valence electrons. The first-order valence-corrected chi connectivity index (χ1v) is 34.7. The predicted octanol–water partition coefficient (Wildman–Crippen LogP) is 6.06. The molecular weight excluding hydrogens is 1170 g/mol. The van der Waals surface area contributed by atoms with Crippen molar-refractivity contribution in [3.8, 4) is 0 Å². The third-order valence-electron chi connectivity index (χ3n) is 17.7. The maximum absolute atomic E-state index is 13.4. The number of rotatable bonds is 52. The highest BCUT2D eigenvalue weighted by Gasteiger charge is 2.60. The summed E-state index contributed by atoms with van der Waals surface area (Å²) in [6, 6.07) is -2.53. The second-order valence-corrected chi connectivity index (χ2v) is 25.4. The van der Waals surface area contributed by atoms with E-state index in [0.29, 0.717) is 19.3 Å². The fourth-order valence-electron chi connectivity index (χ4n) is 12.1. The Hall–Kier alpha value is -2.79. The molecule has 0 aromatic heterocycles. The van der Waals surface area contributed by atoms with Crippen LogP contribution in [-0.2, 0) is 42.8 Å². The van der Waals surface area contributed by atoms with Gasteiger partial charge in [0.05, 0.1) is 50.7 Å². The summed E-state index contributed by atoms with van der Waals surface area (Å²) in [7, 11) is 0. The van der Waals surface area contributed by atoms with Crippen LogP contribution in [0.4, 0.5) is 0 Å². The number of allylic oxidation sites excluding steroid dienone is 4. The van der Waals surface area contributed by atoms with Crippen LogP contribution in [0.5, 0.6) is 0 Å². The number of aliphatic hydroxyl groups excluding tert-OH is 11. The number of carbonyl (C=O) groups excluding carboxylic acids is 2. The minimum Gasteiger partial charge on any atom is -0.477 e. The van der Waals surface area contributed by atoms with Gasteiger partial charge >= 0.3 is 5.97 Å². The number of carboxylic acid groups (broad SMARTS) is 1. The minimum atomic E-state index is -3.08. The van der Waals surface area contributed by atoms with Gasteiger partial charge in [0.25, 0.3) is 5.79 Å². The zero-order valence-corrected chi connectivity index (χ0v) is 54.7. The fourth-order valence-corrected chi connectivity index (χ4v) is 12.1. The molecule has 23 nitrogen and oxygen atoms in total. The first kappa shape index (κ1) is 81.4. The molecule has 18 atom stereocenters. The van der Waals surface area contributed by atoms with Crippen LogP contribution in [0.25, 0.3) is 0 Å². The number of amides is 2. The van der Waals surface area contributed by atoms with Crippen molar-refractivity contribution in [3.63, 3.8) is 0 Å². The Balaban J connectivity index is 1.51. The lowest BCUT2D eigenvalue weighted by Crippen LogP contribution is -2.70. The van der Waals surface area contributed by atoms with Gasteiger partial charge in [0.15, 0.2) is 12.6 Å². The molecule has 3 rings (SSSR count). The van der Waals surface area contributed by atoms with Gasteiger partial charge in [0, 0.05) is 19.8 Å². The van der Waals surface area contributed by atoms with Gasteiger partial charge in [-0.25, -0.2) is 4.79 Å². The van der Waals surface area contributed by atoms with Gasteiger partial charge in [0.2, 0.25) is 11.8 Å². The number of aliphatic hydroxyl groups is 11. The summed E-state index contributed by atoms with van der Waals surface area (Å²) in [6.07, 6.45) is 17.9. The molecule has 0 aromatic rings. The number of carbonyl (C=O) groups is 3. The van der Waals surface area contributed by atoms with Crippen molar-refractivity contribution in [2.24, 2.45) is 0 Å². The van der Waals surface area contributed by atoms with Crippen LogP contribution in [0, 0.1) is 0 Å². The number of unbranched alkanes of at least 4 members (excludes halogenated alkanes) is 28. The number of nitrogens with one attached hydrogen (secondary N) is 2. The Morgan fingerprint density at radius 2 is 1.07 bits per heavy atom. The topological polar surface area (TPSA) is 373 Å². The molecule has 18 unspecified atom stereocenters. The van der Waals surface area contributed by atoms with Gasteiger partial charge < -0.3 is 100 Å². The van der Waals surface area contributed by atoms with E-state index in [2.05, 4.69) is 48.8 Å². The maximum Gasteiger partial charge on any atom is 0.364 e. The Kier molecular flexibility index (Phi) is 43.4. The van der Waals surface area contributed by atoms with Gasteiger partial charge in [-0.15, -0.1) is 0 Å². The van der Waals surface area contributed by atoms with Crippen molar-refractivity contribution in [2.45, 2.75) is 355 Å². The van der Waals surface area contributed by atoms with E-state index in [1.54, 1.807) is 0 Å². The van der Waals surface area contributed by atoms with Crippen LogP contribution in [-0.4, -0.2) is 215 Å². The van der Waals surface area contributed by atoms with E-state index in [-0.39, 0.29) is 18.9 Å². The predicted molar refractivity (Wildman–Crippen MR) is 338 cm³/mol. The van der Waals surface area contributed by atoms with Crippen LogP contribution < -0.4 is 10.6 Å². The molecule has 3 saturated heterocycles. The third kappa shape index (κ3) is 30.3. The molecule has 23 heteroatoms. The third-order valence-corrected chi connectivity index (χ3v) is 17.7. The van der Waals surface area contributed by atoms with Crippen molar-refractivity contribution in [2.75, 3.05) is 26.4 Å². The van der Waals surface area contributed by atoms with E-state index in [9.17, 15) is 75.7 Å².